The summed E-state index contributed by atoms with van der Waals surface area (Å²) < 4.78 is 37.4. The monoisotopic (exact) mass is 636 g/mol. The number of fused-ring (bicyclic) bond motifs is 1. The van der Waals surface area contributed by atoms with Crippen LogP contribution in [0.3, 0.4) is 0 Å². The van der Waals surface area contributed by atoms with Gasteiger partial charge in [-0.1, -0.05) is 59.6 Å². The summed E-state index contributed by atoms with van der Waals surface area (Å²) in [7, 11) is -3.33. The van der Waals surface area contributed by atoms with Gasteiger partial charge in [0.15, 0.2) is 9.84 Å². The number of hydrogen-bond acceptors (Lipinski definition) is 6. The number of amides is 1. The minimum Gasteiger partial charge on any atom is -0.487 e. The molecule has 3 aromatic carbocycles. The third-order valence-electron chi connectivity index (χ3n) is 8.03. The first-order valence-corrected chi connectivity index (χ1v) is 16.7. The van der Waals surface area contributed by atoms with E-state index in [0.717, 1.165) is 53.7 Å². The summed E-state index contributed by atoms with van der Waals surface area (Å²) in [6.45, 7) is 1.08. The van der Waals surface area contributed by atoms with Crippen molar-refractivity contribution in [2.24, 2.45) is 0 Å². The van der Waals surface area contributed by atoms with Crippen LogP contribution in [0.25, 0.3) is 11.1 Å². The number of ether oxygens (including phenoxy) is 2. The van der Waals surface area contributed by atoms with Crippen LogP contribution >= 0.6 is 23.2 Å². The molecule has 4 aromatic rings. The fourth-order valence-electron chi connectivity index (χ4n) is 5.66. The average Bonchev–Trinajstić information content (AvgIpc) is 2.99. The number of carbonyl (C=O) groups is 1. The standard InChI is InChI=1S/C33H30Cl2N2O5S/c34-29-10-9-28(20-30(29)35)41-32(38)37-17-14-33(15-18-37)13-12-26-19-25(8-11-31(26)42-33)24-6-4-23(5-7-24)21-43(39,40)22-27-3-1-2-16-36-27/h1-11,16,19-20H,12-15,17-18,21-22H2. The van der Waals surface area contributed by atoms with Gasteiger partial charge < -0.3 is 14.4 Å². The zero-order chi connectivity index (χ0) is 30.0. The number of nitrogens with zero attached hydrogens (tertiary/aromatic N) is 2. The largest absolute Gasteiger partial charge is 0.487 e. The van der Waals surface area contributed by atoms with Gasteiger partial charge in [-0.3, -0.25) is 4.98 Å². The Morgan fingerprint density at radius 3 is 2.37 bits per heavy atom. The van der Waals surface area contributed by atoms with Crippen molar-refractivity contribution in [1.82, 2.24) is 9.88 Å². The van der Waals surface area contributed by atoms with E-state index in [1.165, 1.54) is 6.07 Å². The van der Waals surface area contributed by atoms with Crippen molar-refractivity contribution in [1.29, 1.82) is 0 Å². The molecule has 1 aromatic heterocycles. The zero-order valence-electron chi connectivity index (χ0n) is 23.3. The quantitative estimate of drug-likeness (QED) is 0.217. The molecule has 1 fully saturated rings. The number of rotatable bonds is 6. The van der Waals surface area contributed by atoms with E-state index in [-0.39, 0.29) is 17.1 Å². The SMILES string of the molecule is O=C(Oc1ccc(Cl)c(Cl)c1)N1CCC2(CCc3cc(-c4ccc(CS(=O)(=O)Cc5ccccn5)cc4)ccc3O2)CC1. The summed E-state index contributed by atoms with van der Waals surface area (Å²) in [5, 5.41) is 0.740. The Balaban J connectivity index is 1.05. The van der Waals surface area contributed by atoms with E-state index in [9.17, 15) is 13.2 Å². The fourth-order valence-corrected chi connectivity index (χ4v) is 7.37. The number of sulfone groups is 1. The average molecular weight is 638 g/mol. The van der Waals surface area contributed by atoms with Crippen LogP contribution in [0.15, 0.2) is 85.1 Å². The number of piperidine rings is 1. The van der Waals surface area contributed by atoms with Gasteiger partial charge in [-0.2, -0.15) is 0 Å². The minimum absolute atomic E-state index is 0.0331. The molecule has 0 aliphatic carbocycles. The summed E-state index contributed by atoms with van der Waals surface area (Å²) in [6.07, 6.45) is 4.37. The van der Waals surface area contributed by atoms with Crippen LogP contribution < -0.4 is 9.47 Å². The second-order valence-corrected chi connectivity index (χ2v) is 14.0. The van der Waals surface area contributed by atoms with Gasteiger partial charge in [0, 0.05) is 38.2 Å². The van der Waals surface area contributed by atoms with Crippen molar-refractivity contribution in [2.45, 2.75) is 42.8 Å². The number of pyridine rings is 1. The first kappa shape index (κ1) is 29.5. The topological polar surface area (TPSA) is 85.8 Å². The normalized spacial score (nSPS) is 15.9. The molecular weight excluding hydrogens is 607 g/mol. The van der Waals surface area contributed by atoms with Crippen LogP contribution in [0.1, 0.15) is 36.1 Å². The molecule has 10 heteroatoms. The second-order valence-electron chi connectivity index (χ2n) is 11.1. The Kier molecular flexibility index (Phi) is 8.36. The fraction of sp³-hybridized carbons (Fsp3) is 0.273. The molecule has 6 rings (SSSR count). The van der Waals surface area contributed by atoms with Crippen molar-refractivity contribution in [3.63, 3.8) is 0 Å². The van der Waals surface area contributed by atoms with E-state index in [0.29, 0.717) is 34.6 Å². The van der Waals surface area contributed by atoms with Crippen LogP contribution in [-0.2, 0) is 27.8 Å². The maximum absolute atomic E-state index is 12.7. The molecule has 43 heavy (non-hydrogen) atoms. The van der Waals surface area contributed by atoms with E-state index < -0.39 is 15.9 Å². The summed E-state index contributed by atoms with van der Waals surface area (Å²) in [6, 6.07) is 23.9. The molecule has 7 nitrogen and oxygen atoms in total. The maximum atomic E-state index is 12.7. The number of halogens is 2. The van der Waals surface area contributed by atoms with E-state index in [1.54, 1.807) is 41.4 Å². The Bertz CT molecular complexity index is 1740. The van der Waals surface area contributed by atoms with Crippen LogP contribution in [0.5, 0.6) is 11.5 Å². The van der Waals surface area contributed by atoms with Gasteiger partial charge in [0.1, 0.15) is 17.1 Å². The zero-order valence-corrected chi connectivity index (χ0v) is 25.7. The molecule has 0 N–H and O–H groups in total. The molecule has 1 saturated heterocycles. The molecule has 1 spiro atoms. The highest BCUT2D eigenvalue weighted by Gasteiger charge is 2.41. The van der Waals surface area contributed by atoms with Gasteiger partial charge in [0.25, 0.3) is 0 Å². The number of carbonyl (C=O) groups excluding carboxylic acids is 1. The number of aromatic nitrogens is 1. The summed E-state index contributed by atoms with van der Waals surface area (Å²) >= 11 is 12.0. The van der Waals surface area contributed by atoms with Crippen molar-refractivity contribution in [3.8, 4) is 22.6 Å². The highest BCUT2D eigenvalue weighted by atomic mass is 35.5. The number of benzene rings is 3. The first-order chi connectivity index (χ1) is 20.7. The first-order valence-electron chi connectivity index (χ1n) is 14.1. The van der Waals surface area contributed by atoms with Crippen molar-refractivity contribution >= 4 is 39.1 Å². The van der Waals surface area contributed by atoms with Crippen LogP contribution in [0.2, 0.25) is 10.0 Å². The highest BCUT2D eigenvalue weighted by molar-refractivity contribution is 7.89. The van der Waals surface area contributed by atoms with E-state index in [4.69, 9.17) is 32.7 Å². The maximum Gasteiger partial charge on any atom is 0.415 e. The molecule has 0 saturated carbocycles. The molecular formula is C33H30Cl2N2O5S. The summed E-state index contributed by atoms with van der Waals surface area (Å²) in [5.74, 6) is 1.12. The predicted molar refractivity (Wildman–Crippen MR) is 167 cm³/mol. The minimum atomic E-state index is -3.33. The Labute approximate surface area is 261 Å². The van der Waals surface area contributed by atoms with Crippen LogP contribution in [0, 0.1) is 0 Å². The van der Waals surface area contributed by atoms with Gasteiger partial charge in [-0.25, -0.2) is 13.2 Å². The smallest absolute Gasteiger partial charge is 0.415 e. The Hall–Kier alpha value is -3.59. The number of likely N-dealkylation sites (tertiary alicyclic amines) is 1. The molecule has 1 amide bonds. The van der Waals surface area contributed by atoms with Crippen molar-refractivity contribution in [3.05, 3.63) is 112 Å². The lowest BCUT2D eigenvalue weighted by atomic mass is 9.82. The molecule has 0 radical (unpaired) electrons. The lowest BCUT2D eigenvalue weighted by molar-refractivity contribution is -0.00948. The van der Waals surface area contributed by atoms with Crippen molar-refractivity contribution < 1.29 is 22.7 Å². The Morgan fingerprint density at radius 1 is 0.884 bits per heavy atom. The van der Waals surface area contributed by atoms with Gasteiger partial charge in [-0.15, -0.1) is 0 Å². The highest BCUT2D eigenvalue weighted by Crippen LogP contribution is 2.41. The lowest BCUT2D eigenvalue weighted by Crippen LogP contribution is -2.51. The molecule has 0 bridgehead atoms. The van der Waals surface area contributed by atoms with Crippen LogP contribution in [-0.4, -0.2) is 43.1 Å². The molecule has 0 atom stereocenters. The molecule has 0 unspecified atom stereocenters. The molecule has 222 valence electrons. The molecule has 2 aliphatic heterocycles. The van der Waals surface area contributed by atoms with Crippen LogP contribution in [0.4, 0.5) is 4.79 Å². The predicted octanol–water partition coefficient (Wildman–Crippen LogP) is 7.53. The van der Waals surface area contributed by atoms with Gasteiger partial charge in [0.2, 0.25) is 0 Å². The lowest BCUT2D eigenvalue weighted by Gasteiger charge is -2.44. The number of aryl methyl sites for hydroxylation is 1. The number of hydrogen-bond donors (Lipinski definition) is 0. The van der Waals surface area contributed by atoms with Gasteiger partial charge >= 0.3 is 6.09 Å². The van der Waals surface area contributed by atoms with Gasteiger partial charge in [0.05, 0.1) is 27.2 Å². The summed E-state index contributed by atoms with van der Waals surface area (Å²) in [5.41, 5.74) is 4.20. The van der Waals surface area contributed by atoms with E-state index in [2.05, 4.69) is 11.1 Å². The third kappa shape index (κ3) is 6.98. The Morgan fingerprint density at radius 2 is 1.65 bits per heavy atom. The van der Waals surface area contributed by atoms with Crippen molar-refractivity contribution in [2.75, 3.05) is 13.1 Å². The van der Waals surface area contributed by atoms with E-state index >= 15 is 0 Å². The van der Waals surface area contributed by atoms with E-state index in [1.807, 2.05) is 36.4 Å². The molecule has 2 aliphatic rings. The second kappa shape index (κ2) is 12.2. The third-order valence-corrected chi connectivity index (χ3v) is 10.3. The van der Waals surface area contributed by atoms with Gasteiger partial charge in [-0.05, 0) is 71.5 Å². The summed E-state index contributed by atoms with van der Waals surface area (Å²) in [4.78, 5) is 18.6. The molecule has 3 heterocycles.